The van der Waals surface area contributed by atoms with Crippen molar-refractivity contribution >= 4 is 0 Å². The predicted molar refractivity (Wildman–Crippen MR) is 50.5 cm³/mol. The Labute approximate surface area is 71.4 Å². The Balaban J connectivity index is 2.58. The van der Waals surface area contributed by atoms with Gasteiger partial charge in [0.15, 0.2) is 0 Å². The average Bonchev–Trinajstić information content (AvgIpc) is 1.98. The van der Waals surface area contributed by atoms with E-state index in [2.05, 4.69) is 34.6 Å². The van der Waals surface area contributed by atoms with Gasteiger partial charge < -0.3 is 0 Å². The summed E-state index contributed by atoms with van der Waals surface area (Å²) in [6.45, 7) is 12.0. The van der Waals surface area contributed by atoms with Gasteiger partial charge in [0.25, 0.3) is 0 Å². The summed E-state index contributed by atoms with van der Waals surface area (Å²) >= 11 is 0. The molecule has 0 aromatic carbocycles. The molecule has 1 aliphatic carbocycles. The summed E-state index contributed by atoms with van der Waals surface area (Å²) in [4.78, 5) is 0. The standard InChI is InChI=1S/C11H22/c1-8(2)10(4)11(5)7-6-9(11)3/h8-10H,6-7H2,1-5H3. The minimum absolute atomic E-state index is 0.661. The van der Waals surface area contributed by atoms with Crippen LogP contribution < -0.4 is 0 Å². The molecule has 0 heterocycles. The molecule has 66 valence electrons. The molecule has 0 radical (unpaired) electrons. The predicted octanol–water partition coefficient (Wildman–Crippen LogP) is 3.71. The van der Waals surface area contributed by atoms with E-state index in [0.29, 0.717) is 5.41 Å². The van der Waals surface area contributed by atoms with Crippen LogP contribution >= 0.6 is 0 Å². The Kier molecular flexibility index (Phi) is 2.32. The van der Waals surface area contributed by atoms with E-state index in [1.54, 1.807) is 0 Å². The monoisotopic (exact) mass is 154 g/mol. The van der Waals surface area contributed by atoms with Crippen molar-refractivity contribution in [2.45, 2.75) is 47.5 Å². The molecule has 0 aromatic heterocycles. The van der Waals surface area contributed by atoms with E-state index in [9.17, 15) is 0 Å². The van der Waals surface area contributed by atoms with Gasteiger partial charge in [-0.15, -0.1) is 0 Å². The summed E-state index contributed by atoms with van der Waals surface area (Å²) in [6, 6.07) is 0. The number of hydrogen-bond donors (Lipinski definition) is 0. The normalized spacial score (nSPS) is 40.4. The molecular weight excluding hydrogens is 132 g/mol. The van der Waals surface area contributed by atoms with E-state index in [1.807, 2.05) is 0 Å². The van der Waals surface area contributed by atoms with Crippen molar-refractivity contribution in [2.75, 3.05) is 0 Å². The first-order valence-electron chi connectivity index (χ1n) is 4.98. The van der Waals surface area contributed by atoms with Crippen molar-refractivity contribution in [3.05, 3.63) is 0 Å². The van der Waals surface area contributed by atoms with Crippen LogP contribution in [0.4, 0.5) is 0 Å². The maximum atomic E-state index is 2.46. The van der Waals surface area contributed by atoms with Crippen LogP contribution in [0.2, 0.25) is 0 Å². The molecule has 3 atom stereocenters. The van der Waals surface area contributed by atoms with Crippen molar-refractivity contribution < 1.29 is 0 Å². The van der Waals surface area contributed by atoms with E-state index < -0.39 is 0 Å². The van der Waals surface area contributed by atoms with Crippen LogP contribution in [0.5, 0.6) is 0 Å². The number of hydrogen-bond acceptors (Lipinski definition) is 0. The molecule has 1 rings (SSSR count). The van der Waals surface area contributed by atoms with Gasteiger partial charge in [-0.1, -0.05) is 34.6 Å². The van der Waals surface area contributed by atoms with E-state index in [1.165, 1.54) is 12.8 Å². The average molecular weight is 154 g/mol. The van der Waals surface area contributed by atoms with Gasteiger partial charge in [-0.25, -0.2) is 0 Å². The van der Waals surface area contributed by atoms with Crippen LogP contribution in [0.1, 0.15) is 47.5 Å². The highest BCUT2D eigenvalue weighted by atomic mass is 14.5. The maximum absolute atomic E-state index is 2.46. The molecule has 11 heavy (non-hydrogen) atoms. The highest BCUT2D eigenvalue weighted by Gasteiger charge is 2.44. The molecule has 3 unspecified atom stereocenters. The van der Waals surface area contributed by atoms with Gasteiger partial charge in [-0.05, 0) is 36.0 Å². The van der Waals surface area contributed by atoms with Crippen molar-refractivity contribution in [1.29, 1.82) is 0 Å². The Hall–Kier alpha value is 0. The molecule has 0 saturated heterocycles. The van der Waals surface area contributed by atoms with Crippen molar-refractivity contribution in [3.8, 4) is 0 Å². The Morgan fingerprint density at radius 1 is 1.27 bits per heavy atom. The summed E-state index contributed by atoms with van der Waals surface area (Å²) in [5.74, 6) is 2.70. The van der Waals surface area contributed by atoms with Crippen molar-refractivity contribution in [2.24, 2.45) is 23.2 Å². The van der Waals surface area contributed by atoms with Crippen molar-refractivity contribution in [3.63, 3.8) is 0 Å². The minimum Gasteiger partial charge on any atom is -0.0625 e. The third-order valence-electron chi connectivity index (χ3n) is 4.28. The molecule has 0 bridgehead atoms. The van der Waals surface area contributed by atoms with E-state index >= 15 is 0 Å². The second-order valence-electron chi connectivity index (χ2n) is 4.98. The zero-order chi connectivity index (χ0) is 8.65. The maximum Gasteiger partial charge on any atom is -0.0272 e. The first-order valence-corrected chi connectivity index (χ1v) is 4.98. The Morgan fingerprint density at radius 2 is 1.82 bits per heavy atom. The van der Waals surface area contributed by atoms with Crippen LogP contribution in [0, 0.1) is 23.2 Å². The zero-order valence-electron chi connectivity index (χ0n) is 8.65. The van der Waals surface area contributed by atoms with Gasteiger partial charge >= 0.3 is 0 Å². The smallest absolute Gasteiger partial charge is 0.0272 e. The first-order chi connectivity index (χ1) is 4.98. The SMILES string of the molecule is CC(C)C(C)C1(C)CCC1C. The molecule has 0 heteroatoms. The van der Waals surface area contributed by atoms with Crippen LogP contribution in [0.25, 0.3) is 0 Å². The summed E-state index contributed by atoms with van der Waals surface area (Å²) < 4.78 is 0. The fourth-order valence-corrected chi connectivity index (χ4v) is 2.33. The van der Waals surface area contributed by atoms with Crippen LogP contribution in [-0.2, 0) is 0 Å². The molecule has 0 amide bonds. The topological polar surface area (TPSA) is 0 Å². The Morgan fingerprint density at radius 3 is 1.91 bits per heavy atom. The van der Waals surface area contributed by atoms with Crippen LogP contribution in [0.3, 0.4) is 0 Å². The summed E-state index contributed by atoms with van der Waals surface area (Å²) in [5, 5.41) is 0. The molecule has 0 N–H and O–H groups in total. The van der Waals surface area contributed by atoms with Gasteiger partial charge in [0.2, 0.25) is 0 Å². The van der Waals surface area contributed by atoms with E-state index in [-0.39, 0.29) is 0 Å². The first kappa shape index (κ1) is 9.09. The van der Waals surface area contributed by atoms with Gasteiger partial charge in [-0.2, -0.15) is 0 Å². The molecule has 0 aliphatic heterocycles. The minimum atomic E-state index is 0.661. The van der Waals surface area contributed by atoms with E-state index in [4.69, 9.17) is 0 Å². The van der Waals surface area contributed by atoms with Crippen molar-refractivity contribution in [1.82, 2.24) is 0 Å². The van der Waals surface area contributed by atoms with Crippen LogP contribution in [-0.4, -0.2) is 0 Å². The summed E-state index contributed by atoms with van der Waals surface area (Å²) in [6.07, 6.45) is 2.90. The lowest BCUT2D eigenvalue weighted by atomic mass is 9.54. The summed E-state index contributed by atoms with van der Waals surface area (Å²) in [7, 11) is 0. The lowest BCUT2D eigenvalue weighted by molar-refractivity contribution is -0.0149. The Bertz CT molecular complexity index is 137. The zero-order valence-corrected chi connectivity index (χ0v) is 8.65. The fraction of sp³-hybridized carbons (Fsp3) is 1.00. The van der Waals surface area contributed by atoms with Gasteiger partial charge in [-0.3, -0.25) is 0 Å². The lowest BCUT2D eigenvalue weighted by Crippen LogP contribution is -2.42. The second kappa shape index (κ2) is 2.80. The second-order valence-corrected chi connectivity index (χ2v) is 4.98. The van der Waals surface area contributed by atoms with Crippen LogP contribution in [0.15, 0.2) is 0 Å². The van der Waals surface area contributed by atoms with Gasteiger partial charge in [0.1, 0.15) is 0 Å². The number of rotatable bonds is 2. The van der Waals surface area contributed by atoms with Gasteiger partial charge in [0.05, 0.1) is 0 Å². The molecule has 0 nitrogen and oxygen atoms in total. The quantitative estimate of drug-likeness (QED) is 0.568. The molecule has 0 spiro atoms. The highest BCUT2D eigenvalue weighted by Crippen LogP contribution is 2.53. The third-order valence-corrected chi connectivity index (χ3v) is 4.28. The molecule has 1 fully saturated rings. The lowest BCUT2D eigenvalue weighted by Gasteiger charge is -2.51. The molecular formula is C11H22. The molecule has 1 saturated carbocycles. The fourth-order valence-electron chi connectivity index (χ4n) is 2.33. The largest absolute Gasteiger partial charge is 0.0625 e. The highest BCUT2D eigenvalue weighted by molar-refractivity contribution is 4.93. The summed E-state index contributed by atoms with van der Waals surface area (Å²) in [5.41, 5.74) is 0.661. The molecule has 1 aliphatic rings. The van der Waals surface area contributed by atoms with Gasteiger partial charge in [0, 0.05) is 0 Å². The van der Waals surface area contributed by atoms with E-state index in [0.717, 1.165) is 17.8 Å². The third kappa shape index (κ3) is 1.32. The molecule has 0 aromatic rings.